The maximum Gasteiger partial charge on any atom is 0.335 e. The van der Waals surface area contributed by atoms with Crippen molar-refractivity contribution in [2.75, 3.05) is 0 Å². The van der Waals surface area contributed by atoms with Gasteiger partial charge < -0.3 is 19.0 Å². The van der Waals surface area contributed by atoms with Crippen LogP contribution in [-0.4, -0.2) is 26.3 Å². The van der Waals surface area contributed by atoms with Gasteiger partial charge in [0.05, 0.1) is 29.7 Å². The highest BCUT2D eigenvalue weighted by molar-refractivity contribution is 5.98. The summed E-state index contributed by atoms with van der Waals surface area (Å²) < 4.78 is 11.2. The second-order valence-electron chi connectivity index (χ2n) is 11.5. The average Bonchev–Trinajstić information content (AvgIpc) is 3.39. The molecule has 5 heteroatoms. The molecule has 0 saturated heterocycles. The normalized spacial score (nSPS) is 18.9. The first-order valence-electron chi connectivity index (χ1n) is 14.8. The summed E-state index contributed by atoms with van der Waals surface area (Å²) in [6.45, 7) is 2.47. The fraction of sp³-hybridized carbons (Fsp3) is 0.343. The van der Waals surface area contributed by atoms with E-state index in [0.717, 1.165) is 31.4 Å². The molecule has 3 aliphatic rings. The molecule has 1 saturated carbocycles. The zero-order valence-electron chi connectivity index (χ0n) is 22.9. The van der Waals surface area contributed by atoms with Crippen LogP contribution in [0.1, 0.15) is 83.6 Å². The molecule has 1 unspecified atom stereocenters. The average molecular weight is 533 g/mol. The number of hydrogen-bond donors (Lipinski definition) is 1. The molecule has 0 amide bonds. The van der Waals surface area contributed by atoms with E-state index in [1.807, 2.05) is 24.3 Å². The van der Waals surface area contributed by atoms with Gasteiger partial charge in [-0.3, -0.25) is 0 Å². The molecule has 1 aliphatic heterocycles. The number of aromatic carboxylic acids is 1. The zero-order chi connectivity index (χ0) is 27.1. The number of carbonyl (C=O) groups is 1. The Morgan fingerprint density at radius 1 is 0.875 bits per heavy atom. The summed E-state index contributed by atoms with van der Waals surface area (Å²) in [6.07, 6.45) is 17.1. The summed E-state index contributed by atoms with van der Waals surface area (Å²) in [5, 5.41) is 11.0. The molecular weight excluding hydrogens is 496 g/mol. The van der Waals surface area contributed by atoms with Crippen molar-refractivity contribution in [3.8, 4) is 11.4 Å². The highest BCUT2D eigenvalue weighted by atomic mass is 16.5. The number of rotatable bonds is 5. The van der Waals surface area contributed by atoms with E-state index >= 15 is 0 Å². The fourth-order valence-electron chi connectivity index (χ4n) is 7.03. The van der Waals surface area contributed by atoms with Crippen LogP contribution >= 0.6 is 0 Å². The molecule has 7 rings (SSSR count). The van der Waals surface area contributed by atoms with E-state index in [1.54, 1.807) is 6.07 Å². The number of carboxylic acids is 1. The van der Waals surface area contributed by atoms with Crippen LogP contribution in [0.4, 0.5) is 0 Å². The molecule has 3 heterocycles. The molecule has 2 aromatic carbocycles. The Bertz CT molecular complexity index is 1620. The lowest BCUT2D eigenvalue weighted by Gasteiger charge is -2.25. The molecule has 0 radical (unpaired) electrons. The summed E-state index contributed by atoms with van der Waals surface area (Å²) >= 11 is 0. The molecule has 2 aliphatic carbocycles. The van der Waals surface area contributed by atoms with Crippen molar-refractivity contribution < 1.29 is 14.6 Å². The minimum Gasteiger partial charge on any atom is -0.478 e. The molecule has 1 fully saturated rings. The summed E-state index contributed by atoms with van der Waals surface area (Å²) in [7, 11) is 0. The van der Waals surface area contributed by atoms with Crippen LogP contribution < -0.4 is 0 Å². The number of aryl methyl sites for hydroxylation is 1. The van der Waals surface area contributed by atoms with Gasteiger partial charge in [0, 0.05) is 35.2 Å². The predicted octanol–water partition coefficient (Wildman–Crippen LogP) is 8.27. The Kier molecular flexibility index (Phi) is 6.68. The number of nitrogens with zero attached hydrogens (tertiary/aromatic N) is 2. The van der Waals surface area contributed by atoms with Gasteiger partial charge in [-0.25, -0.2) is 4.79 Å². The molecule has 2 aromatic heterocycles. The second-order valence-corrected chi connectivity index (χ2v) is 11.5. The third kappa shape index (κ3) is 4.52. The molecular formula is C35H36N2O3. The van der Waals surface area contributed by atoms with Crippen molar-refractivity contribution in [3.05, 3.63) is 94.7 Å². The van der Waals surface area contributed by atoms with Gasteiger partial charge in [0.1, 0.15) is 0 Å². The van der Waals surface area contributed by atoms with Crippen LogP contribution in [0, 0.1) is 0 Å². The van der Waals surface area contributed by atoms with Crippen molar-refractivity contribution >= 4 is 29.0 Å². The lowest BCUT2D eigenvalue weighted by molar-refractivity contribution is 0.0697. The molecule has 1 N–H and O–H groups in total. The summed E-state index contributed by atoms with van der Waals surface area (Å²) in [6, 6.07) is 18.4. The van der Waals surface area contributed by atoms with E-state index in [-0.39, 0.29) is 6.10 Å². The van der Waals surface area contributed by atoms with Crippen molar-refractivity contribution in [3.63, 3.8) is 0 Å². The van der Waals surface area contributed by atoms with Crippen LogP contribution in [-0.2, 0) is 24.4 Å². The van der Waals surface area contributed by atoms with Gasteiger partial charge in [-0.1, -0.05) is 67.8 Å². The van der Waals surface area contributed by atoms with E-state index in [4.69, 9.17) is 4.74 Å². The number of fused-ring (bicyclic) bond motifs is 7. The SMILES string of the molecule is O=C(O)c1ccc2c(C3CCCCC3)c3n(c2c1)CCCCn1c-3cc2c1C=CC(OCc1ccccc1)C=C2. The van der Waals surface area contributed by atoms with Gasteiger partial charge in [-0.15, -0.1) is 0 Å². The van der Waals surface area contributed by atoms with Crippen molar-refractivity contribution in [2.45, 2.75) is 76.7 Å². The van der Waals surface area contributed by atoms with Crippen molar-refractivity contribution in [1.29, 1.82) is 0 Å². The molecule has 1 atom stereocenters. The summed E-state index contributed by atoms with van der Waals surface area (Å²) in [4.78, 5) is 11.9. The first-order valence-corrected chi connectivity index (χ1v) is 14.8. The molecule has 204 valence electrons. The third-order valence-electron chi connectivity index (χ3n) is 8.98. The van der Waals surface area contributed by atoms with Gasteiger partial charge >= 0.3 is 5.97 Å². The summed E-state index contributed by atoms with van der Waals surface area (Å²) in [5.74, 6) is -0.357. The zero-order valence-corrected chi connectivity index (χ0v) is 22.9. The number of aromatic nitrogens is 2. The fourth-order valence-corrected chi connectivity index (χ4v) is 7.03. The highest BCUT2D eigenvalue weighted by Gasteiger charge is 2.30. The van der Waals surface area contributed by atoms with E-state index in [2.05, 4.69) is 57.7 Å². The largest absolute Gasteiger partial charge is 0.478 e. The van der Waals surface area contributed by atoms with Crippen LogP contribution in [0.2, 0.25) is 0 Å². The lowest BCUT2D eigenvalue weighted by Crippen LogP contribution is -2.13. The molecule has 5 nitrogen and oxygen atoms in total. The predicted molar refractivity (Wildman–Crippen MR) is 160 cm³/mol. The molecule has 40 heavy (non-hydrogen) atoms. The molecule has 0 bridgehead atoms. The Morgan fingerprint density at radius 3 is 2.45 bits per heavy atom. The minimum absolute atomic E-state index is 0.0731. The van der Waals surface area contributed by atoms with E-state index in [0.29, 0.717) is 18.1 Å². The van der Waals surface area contributed by atoms with Gasteiger partial charge in [0.2, 0.25) is 0 Å². The van der Waals surface area contributed by atoms with Crippen LogP contribution in [0.3, 0.4) is 0 Å². The summed E-state index contributed by atoms with van der Waals surface area (Å²) in [5.41, 5.74) is 9.05. The number of benzene rings is 2. The number of ether oxygens (including phenoxy) is 1. The maximum absolute atomic E-state index is 11.9. The smallest absolute Gasteiger partial charge is 0.335 e. The van der Waals surface area contributed by atoms with E-state index in [9.17, 15) is 9.90 Å². The van der Waals surface area contributed by atoms with Gasteiger partial charge in [-0.2, -0.15) is 0 Å². The quantitative estimate of drug-likeness (QED) is 0.281. The maximum atomic E-state index is 11.9. The second kappa shape index (κ2) is 10.6. The Labute approximate surface area is 235 Å². The lowest BCUT2D eigenvalue weighted by atomic mass is 9.82. The Morgan fingerprint density at radius 2 is 1.65 bits per heavy atom. The standard InChI is InChI=1S/C35H36N2O3/c38-35(39)27-14-17-29-31(22-27)37-20-8-7-19-36-30-18-16-28(40-23-24-9-3-1-4-10-24)15-13-26(30)21-32(36)34(37)33(29)25-11-5-2-6-12-25/h1,3-4,9-10,13-18,21-22,25,28H,2,5-8,11-12,19-20,23H2,(H,38,39). The van der Waals surface area contributed by atoms with Crippen LogP contribution in [0.25, 0.3) is 34.4 Å². The van der Waals surface area contributed by atoms with Crippen molar-refractivity contribution in [1.82, 2.24) is 9.13 Å². The molecule has 0 spiro atoms. The van der Waals surface area contributed by atoms with Gasteiger partial charge in [-0.05, 0) is 73.1 Å². The molecule has 4 aromatic rings. The van der Waals surface area contributed by atoms with E-state index in [1.165, 1.54) is 71.3 Å². The van der Waals surface area contributed by atoms with Crippen LogP contribution in [0.5, 0.6) is 0 Å². The van der Waals surface area contributed by atoms with Crippen LogP contribution in [0.15, 0.2) is 66.7 Å². The van der Waals surface area contributed by atoms with Gasteiger partial charge in [0.25, 0.3) is 0 Å². The first kappa shape index (κ1) is 25.2. The van der Waals surface area contributed by atoms with Crippen molar-refractivity contribution in [2.24, 2.45) is 0 Å². The monoisotopic (exact) mass is 532 g/mol. The topological polar surface area (TPSA) is 56.4 Å². The minimum atomic E-state index is -0.864. The Hall–Kier alpha value is -3.83. The third-order valence-corrected chi connectivity index (χ3v) is 8.98. The number of carboxylic acid groups (broad SMARTS) is 1. The highest BCUT2D eigenvalue weighted by Crippen LogP contribution is 2.46. The first-order chi connectivity index (χ1) is 19.7. The number of hydrogen-bond acceptors (Lipinski definition) is 2. The van der Waals surface area contributed by atoms with Gasteiger partial charge in [0.15, 0.2) is 0 Å². The Balaban J connectivity index is 1.33. The van der Waals surface area contributed by atoms with E-state index < -0.39 is 5.97 Å².